The highest BCUT2D eigenvalue weighted by Crippen LogP contribution is 2.40. The van der Waals surface area contributed by atoms with Gasteiger partial charge < -0.3 is 30.0 Å². The van der Waals surface area contributed by atoms with Crippen LogP contribution in [0.3, 0.4) is 0 Å². The lowest BCUT2D eigenvalue weighted by atomic mass is 9.97. The number of ether oxygens (including phenoxy) is 3. The Balaban J connectivity index is 0.00000400. The second-order valence-electron chi connectivity index (χ2n) is 9.85. The Labute approximate surface area is 230 Å². The molecule has 1 unspecified atom stereocenters. The molecule has 0 bridgehead atoms. The van der Waals surface area contributed by atoms with Gasteiger partial charge in [-0.1, -0.05) is 24.3 Å². The van der Waals surface area contributed by atoms with Crippen LogP contribution in [0.5, 0.6) is 11.5 Å². The maximum atomic E-state index is 12.7. The summed E-state index contributed by atoms with van der Waals surface area (Å²) in [6, 6.07) is 10.7. The molecule has 2 fully saturated rings. The van der Waals surface area contributed by atoms with Crippen molar-refractivity contribution in [2.75, 3.05) is 47.0 Å². The van der Waals surface area contributed by atoms with E-state index in [4.69, 9.17) is 14.2 Å². The number of carboxylic acid groups (broad SMARTS) is 1. The molecule has 3 N–H and O–H groups in total. The van der Waals surface area contributed by atoms with Gasteiger partial charge in [0.2, 0.25) is 0 Å². The number of carbonyl (C=O) groups is 2. The summed E-state index contributed by atoms with van der Waals surface area (Å²) in [6.07, 6.45) is 1.53. The van der Waals surface area contributed by atoms with Gasteiger partial charge in [0.1, 0.15) is 23.1 Å². The first-order valence-electron chi connectivity index (χ1n) is 12.8. The van der Waals surface area contributed by atoms with Gasteiger partial charge in [-0.05, 0) is 48.6 Å². The molecule has 2 aromatic carbocycles. The monoisotopic (exact) mass is 547 g/mol. The third-order valence-electron chi connectivity index (χ3n) is 7.17. The molecule has 0 radical (unpaired) electrons. The molecule has 0 aliphatic carbocycles. The van der Waals surface area contributed by atoms with E-state index in [1.54, 1.807) is 21.1 Å². The Morgan fingerprint density at radius 2 is 1.74 bits per heavy atom. The van der Waals surface area contributed by atoms with E-state index < -0.39 is 17.6 Å². The average Bonchev–Trinajstić information content (AvgIpc) is 3.36. The van der Waals surface area contributed by atoms with E-state index in [2.05, 4.69) is 27.7 Å². The number of rotatable bonds is 10. The van der Waals surface area contributed by atoms with E-state index >= 15 is 0 Å². The summed E-state index contributed by atoms with van der Waals surface area (Å²) in [7, 11) is 3.30. The normalized spacial score (nSPS) is 20.3. The number of aliphatic carboxylic acids is 1. The molecular formula is C28H38ClN3O6. The van der Waals surface area contributed by atoms with Crippen LogP contribution in [0.1, 0.15) is 30.9 Å². The van der Waals surface area contributed by atoms with Crippen LogP contribution in [0.15, 0.2) is 36.4 Å². The zero-order chi connectivity index (χ0) is 26.4. The highest BCUT2D eigenvalue weighted by atomic mass is 35.5. The van der Waals surface area contributed by atoms with Gasteiger partial charge in [-0.2, -0.15) is 0 Å². The van der Waals surface area contributed by atoms with Crippen LogP contribution in [0, 0.1) is 0 Å². The van der Waals surface area contributed by atoms with Gasteiger partial charge in [-0.25, -0.2) is 4.79 Å². The summed E-state index contributed by atoms with van der Waals surface area (Å²) in [4.78, 5) is 27.0. The summed E-state index contributed by atoms with van der Waals surface area (Å²) in [5.41, 5.74) is 2.68. The first kappa shape index (κ1) is 29.7. The van der Waals surface area contributed by atoms with Gasteiger partial charge in [-0.15, -0.1) is 12.4 Å². The number of halogens is 1. The summed E-state index contributed by atoms with van der Waals surface area (Å²) in [6.45, 7) is 7.00. The average molecular weight is 548 g/mol. The van der Waals surface area contributed by atoms with Crippen LogP contribution in [0.4, 0.5) is 0 Å². The maximum absolute atomic E-state index is 12.7. The van der Waals surface area contributed by atoms with Crippen LogP contribution in [0.2, 0.25) is 0 Å². The summed E-state index contributed by atoms with van der Waals surface area (Å²) < 4.78 is 17.1. The SMILES string of the molecule is COc1cc(CN2CCNCC2)cc(OC)c1-c1ccc(C[C@H](NC(=O)C2(C)CCCO2)C(=O)O)cc1.Cl. The van der Waals surface area contributed by atoms with E-state index in [9.17, 15) is 14.7 Å². The van der Waals surface area contributed by atoms with Crippen LogP contribution in [-0.4, -0.2) is 80.5 Å². The van der Waals surface area contributed by atoms with Crippen molar-refractivity contribution in [1.29, 1.82) is 0 Å². The van der Waals surface area contributed by atoms with Crippen molar-refractivity contribution in [3.05, 3.63) is 47.5 Å². The molecule has 0 spiro atoms. The topological polar surface area (TPSA) is 109 Å². The second-order valence-corrected chi connectivity index (χ2v) is 9.85. The van der Waals surface area contributed by atoms with Crippen LogP contribution >= 0.6 is 12.4 Å². The predicted molar refractivity (Wildman–Crippen MR) is 147 cm³/mol. The van der Waals surface area contributed by atoms with Crippen molar-refractivity contribution in [2.24, 2.45) is 0 Å². The number of carboxylic acids is 1. The Morgan fingerprint density at radius 3 is 2.26 bits per heavy atom. The highest BCUT2D eigenvalue weighted by Gasteiger charge is 2.39. The predicted octanol–water partition coefficient (Wildman–Crippen LogP) is 2.88. The Hall–Kier alpha value is -2.85. The maximum Gasteiger partial charge on any atom is 0.326 e. The number of piperazine rings is 1. The Bertz CT molecular complexity index is 1070. The largest absolute Gasteiger partial charge is 0.496 e. The van der Waals surface area contributed by atoms with E-state index in [0.29, 0.717) is 13.0 Å². The summed E-state index contributed by atoms with van der Waals surface area (Å²) >= 11 is 0. The van der Waals surface area contributed by atoms with E-state index in [1.165, 1.54) is 0 Å². The zero-order valence-electron chi connectivity index (χ0n) is 22.2. The molecule has 10 heteroatoms. The third-order valence-corrected chi connectivity index (χ3v) is 7.17. The molecule has 2 saturated heterocycles. The first-order chi connectivity index (χ1) is 17.8. The van der Waals surface area contributed by atoms with Crippen molar-refractivity contribution in [1.82, 2.24) is 15.5 Å². The fourth-order valence-electron chi connectivity index (χ4n) is 4.98. The first-order valence-corrected chi connectivity index (χ1v) is 12.8. The van der Waals surface area contributed by atoms with Gasteiger partial charge in [0, 0.05) is 45.8 Å². The quantitative estimate of drug-likeness (QED) is 0.417. The number of hydrogen-bond donors (Lipinski definition) is 3. The van der Waals surface area contributed by atoms with Crippen molar-refractivity contribution >= 4 is 24.3 Å². The van der Waals surface area contributed by atoms with Gasteiger partial charge in [-0.3, -0.25) is 9.69 Å². The number of methoxy groups -OCH3 is 2. The Morgan fingerprint density at radius 1 is 1.11 bits per heavy atom. The molecule has 2 aliphatic rings. The molecule has 0 aromatic heterocycles. The fraction of sp³-hybridized carbons (Fsp3) is 0.500. The molecular weight excluding hydrogens is 510 g/mol. The van der Waals surface area contributed by atoms with Crippen LogP contribution in [0.25, 0.3) is 11.1 Å². The molecule has 2 aromatic rings. The number of nitrogens with zero attached hydrogens (tertiary/aromatic N) is 1. The molecule has 208 valence electrons. The number of carbonyl (C=O) groups excluding carboxylic acids is 1. The lowest BCUT2D eigenvalue weighted by Crippen LogP contribution is -2.51. The Kier molecular flexibility index (Phi) is 10.4. The van der Waals surface area contributed by atoms with Gasteiger partial charge >= 0.3 is 5.97 Å². The molecule has 2 aliphatic heterocycles. The number of benzene rings is 2. The molecule has 9 nitrogen and oxygen atoms in total. The van der Waals surface area contributed by atoms with Gasteiger partial charge in [0.05, 0.1) is 19.8 Å². The van der Waals surface area contributed by atoms with Crippen molar-refractivity contribution in [3.8, 4) is 22.6 Å². The minimum Gasteiger partial charge on any atom is -0.496 e. The lowest BCUT2D eigenvalue weighted by Gasteiger charge is -2.27. The van der Waals surface area contributed by atoms with Crippen molar-refractivity contribution in [2.45, 2.75) is 44.4 Å². The summed E-state index contributed by atoms with van der Waals surface area (Å²) in [5, 5.41) is 15.8. The van der Waals surface area contributed by atoms with Gasteiger partial charge in [0.25, 0.3) is 5.91 Å². The number of nitrogens with one attached hydrogen (secondary N) is 2. The lowest BCUT2D eigenvalue weighted by molar-refractivity contribution is -0.147. The zero-order valence-corrected chi connectivity index (χ0v) is 23.1. The minimum absolute atomic E-state index is 0. The van der Waals surface area contributed by atoms with Crippen molar-refractivity contribution < 1.29 is 28.9 Å². The molecule has 38 heavy (non-hydrogen) atoms. The molecule has 2 atom stereocenters. The molecule has 4 rings (SSSR count). The van der Waals surface area contributed by atoms with E-state index in [0.717, 1.165) is 72.9 Å². The van der Waals surface area contributed by atoms with Crippen molar-refractivity contribution in [3.63, 3.8) is 0 Å². The second kappa shape index (κ2) is 13.3. The van der Waals surface area contributed by atoms with Crippen LogP contribution < -0.4 is 20.1 Å². The standard InChI is InChI=1S/C28H37N3O6.ClH/c1-28(9-4-14-37-28)27(34)30-22(26(32)33)15-19-5-7-21(8-6-19)25-23(35-2)16-20(17-24(25)36-3)18-31-12-10-29-11-13-31;/h5-8,16-17,22,29H,4,9-15,18H2,1-3H3,(H,30,34)(H,32,33);1H/t22-,28?;/m0./s1. The molecule has 0 saturated carbocycles. The smallest absolute Gasteiger partial charge is 0.326 e. The molecule has 1 amide bonds. The fourth-order valence-corrected chi connectivity index (χ4v) is 4.98. The number of amides is 1. The van der Waals surface area contributed by atoms with E-state index in [-0.39, 0.29) is 24.7 Å². The third kappa shape index (κ3) is 6.96. The highest BCUT2D eigenvalue weighted by molar-refractivity contribution is 5.89. The summed E-state index contributed by atoms with van der Waals surface area (Å²) in [5.74, 6) is -0.0257. The number of hydrogen-bond acceptors (Lipinski definition) is 7. The van der Waals surface area contributed by atoms with Crippen LogP contribution in [-0.2, 0) is 27.3 Å². The minimum atomic E-state index is -1.08. The molecule has 2 heterocycles. The van der Waals surface area contributed by atoms with E-state index in [1.807, 2.05) is 24.3 Å². The van der Waals surface area contributed by atoms with Gasteiger partial charge in [0.15, 0.2) is 0 Å².